The second-order valence-electron chi connectivity index (χ2n) is 4.77. The molecule has 1 heterocycles. The van der Waals surface area contributed by atoms with Gasteiger partial charge in [0.05, 0.1) is 4.88 Å². The molecule has 1 nitrogen and oxygen atoms in total. The summed E-state index contributed by atoms with van der Waals surface area (Å²) >= 11 is 5.17. The predicted octanol–water partition coefficient (Wildman–Crippen LogP) is 5.23. The number of carbonyl (C=O) groups is 1. The lowest BCUT2D eigenvalue weighted by molar-refractivity contribution is 0.104. The number of carbonyl (C=O) groups excluding carboxylic acids is 1. The highest BCUT2D eigenvalue weighted by molar-refractivity contribution is 9.10. The van der Waals surface area contributed by atoms with Crippen molar-refractivity contribution in [3.8, 4) is 0 Å². The van der Waals surface area contributed by atoms with Crippen molar-refractivity contribution in [1.82, 2.24) is 0 Å². The topological polar surface area (TPSA) is 17.1 Å². The van der Waals surface area contributed by atoms with E-state index in [1.54, 1.807) is 11.3 Å². The van der Waals surface area contributed by atoms with Gasteiger partial charge in [-0.15, -0.1) is 11.3 Å². The summed E-state index contributed by atoms with van der Waals surface area (Å²) in [5, 5.41) is 0. The van der Waals surface area contributed by atoms with Crippen LogP contribution in [0.2, 0.25) is 0 Å². The molecule has 2 aromatic rings. The molecule has 1 aromatic carbocycles. The first-order valence-corrected chi connectivity index (χ1v) is 7.96. The van der Waals surface area contributed by atoms with Gasteiger partial charge in [0.15, 0.2) is 0 Å². The SMILES string of the molecule is CCc1ccc(C(=O)c2c(C)cc(C)c(Br)c2C)s1. The molecule has 0 N–H and O–H groups in total. The fourth-order valence-electron chi connectivity index (χ4n) is 2.32. The molecule has 2 rings (SSSR count). The van der Waals surface area contributed by atoms with E-state index in [4.69, 9.17) is 0 Å². The van der Waals surface area contributed by atoms with Crippen molar-refractivity contribution in [3.63, 3.8) is 0 Å². The minimum Gasteiger partial charge on any atom is -0.288 e. The number of ketones is 1. The molecule has 0 unspecified atom stereocenters. The molecule has 19 heavy (non-hydrogen) atoms. The van der Waals surface area contributed by atoms with E-state index < -0.39 is 0 Å². The van der Waals surface area contributed by atoms with Crippen molar-refractivity contribution in [2.45, 2.75) is 34.1 Å². The molecule has 0 spiro atoms. The number of aryl methyl sites for hydroxylation is 3. The Morgan fingerprint density at radius 3 is 2.47 bits per heavy atom. The Morgan fingerprint density at radius 1 is 1.21 bits per heavy atom. The lowest BCUT2D eigenvalue weighted by atomic mass is 9.96. The second-order valence-corrected chi connectivity index (χ2v) is 6.73. The minimum absolute atomic E-state index is 0.139. The Morgan fingerprint density at radius 2 is 1.89 bits per heavy atom. The summed E-state index contributed by atoms with van der Waals surface area (Å²) in [6.45, 7) is 8.18. The summed E-state index contributed by atoms with van der Waals surface area (Å²) in [6, 6.07) is 6.06. The fourth-order valence-corrected chi connectivity index (χ4v) is 3.53. The highest BCUT2D eigenvalue weighted by atomic mass is 79.9. The maximum Gasteiger partial charge on any atom is 0.203 e. The van der Waals surface area contributed by atoms with E-state index in [1.165, 1.54) is 10.4 Å². The van der Waals surface area contributed by atoms with Crippen molar-refractivity contribution in [1.29, 1.82) is 0 Å². The van der Waals surface area contributed by atoms with E-state index in [0.717, 1.165) is 32.5 Å². The van der Waals surface area contributed by atoms with Crippen LogP contribution in [0.4, 0.5) is 0 Å². The smallest absolute Gasteiger partial charge is 0.203 e. The molecule has 0 aliphatic rings. The molecule has 0 saturated carbocycles. The van der Waals surface area contributed by atoms with E-state index >= 15 is 0 Å². The standard InChI is InChI=1S/C16H17BrOS/c1-5-12-6-7-13(19-12)16(18)14-9(2)8-10(3)15(17)11(14)4/h6-8H,5H2,1-4H3. The minimum atomic E-state index is 0.139. The number of thiophene rings is 1. The number of hydrogen-bond donors (Lipinski definition) is 0. The lowest BCUT2D eigenvalue weighted by Crippen LogP contribution is -2.06. The van der Waals surface area contributed by atoms with Crippen LogP contribution in [-0.4, -0.2) is 5.78 Å². The Bertz CT molecular complexity index is 640. The van der Waals surface area contributed by atoms with Crippen molar-refractivity contribution >= 4 is 33.0 Å². The summed E-state index contributed by atoms with van der Waals surface area (Å²) < 4.78 is 1.04. The molecule has 0 bridgehead atoms. The third-order valence-corrected chi connectivity index (χ3v) is 5.79. The van der Waals surface area contributed by atoms with Crippen molar-refractivity contribution < 1.29 is 4.79 Å². The fraction of sp³-hybridized carbons (Fsp3) is 0.312. The second kappa shape index (κ2) is 5.59. The molecule has 0 fully saturated rings. The third kappa shape index (κ3) is 2.67. The van der Waals surface area contributed by atoms with Crippen LogP contribution in [0.15, 0.2) is 22.7 Å². The van der Waals surface area contributed by atoms with Crippen molar-refractivity contribution in [3.05, 3.63) is 54.7 Å². The third-order valence-electron chi connectivity index (χ3n) is 3.34. The van der Waals surface area contributed by atoms with Crippen LogP contribution >= 0.6 is 27.3 Å². The van der Waals surface area contributed by atoms with Crippen LogP contribution in [0.25, 0.3) is 0 Å². The molecule has 100 valence electrons. The quantitative estimate of drug-likeness (QED) is 0.701. The van der Waals surface area contributed by atoms with Crippen molar-refractivity contribution in [2.24, 2.45) is 0 Å². The Hall–Kier alpha value is -0.930. The largest absolute Gasteiger partial charge is 0.288 e. The summed E-state index contributed by atoms with van der Waals surface area (Å²) in [4.78, 5) is 14.8. The Kier molecular flexibility index (Phi) is 4.26. The normalized spacial score (nSPS) is 10.8. The monoisotopic (exact) mass is 336 g/mol. The molecule has 1 aromatic heterocycles. The number of rotatable bonds is 3. The zero-order valence-electron chi connectivity index (χ0n) is 11.6. The van der Waals surface area contributed by atoms with Gasteiger partial charge >= 0.3 is 0 Å². The van der Waals surface area contributed by atoms with Gasteiger partial charge in [-0.05, 0) is 56.0 Å². The lowest BCUT2D eigenvalue weighted by Gasteiger charge is -2.12. The average Bonchev–Trinajstić information content (AvgIpc) is 2.84. The van der Waals surface area contributed by atoms with Crippen LogP contribution in [0, 0.1) is 20.8 Å². The van der Waals surface area contributed by atoms with Crippen molar-refractivity contribution in [2.75, 3.05) is 0 Å². The molecule has 0 aliphatic heterocycles. The first kappa shape index (κ1) is 14.5. The Balaban J connectivity index is 2.53. The average molecular weight is 337 g/mol. The summed E-state index contributed by atoms with van der Waals surface area (Å²) in [6.07, 6.45) is 0.980. The predicted molar refractivity (Wildman–Crippen MR) is 85.5 cm³/mol. The van der Waals surface area contributed by atoms with E-state index in [0.29, 0.717) is 0 Å². The number of halogens is 1. The van der Waals surface area contributed by atoms with Crippen LogP contribution in [-0.2, 0) is 6.42 Å². The van der Waals surface area contributed by atoms with E-state index in [9.17, 15) is 4.79 Å². The maximum absolute atomic E-state index is 12.7. The molecular weight excluding hydrogens is 320 g/mol. The first-order chi connectivity index (χ1) is 8.95. The number of hydrogen-bond acceptors (Lipinski definition) is 2. The van der Waals surface area contributed by atoms with Gasteiger partial charge in [-0.1, -0.05) is 28.9 Å². The van der Waals surface area contributed by atoms with Crippen LogP contribution < -0.4 is 0 Å². The molecule has 3 heteroatoms. The molecule has 0 aliphatic carbocycles. The summed E-state index contributed by atoms with van der Waals surface area (Å²) in [7, 11) is 0. The zero-order chi connectivity index (χ0) is 14.2. The highest BCUT2D eigenvalue weighted by Crippen LogP contribution is 2.30. The Labute approximate surface area is 126 Å². The number of benzene rings is 1. The van der Waals surface area contributed by atoms with Gasteiger partial charge in [-0.2, -0.15) is 0 Å². The molecule has 0 atom stereocenters. The van der Waals surface area contributed by atoms with Crippen LogP contribution in [0.3, 0.4) is 0 Å². The summed E-state index contributed by atoms with van der Waals surface area (Å²) in [5.74, 6) is 0.139. The van der Waals surface area contributed by atoms with Gasteiger partial charge in [-0.25, -0.2) is 0 Å². The van der Waals surface area contributed by atoms with Gasteiger partial charge in [0, 0.05) is 14.9 Å². The zero-order valence-corrected chi connectivity index (χ0v) is 14.0. The van der Waals surface area contributed by atoms with Crippen LogP contribution in [0.1, 0.15) is 43.7 Å². The van der Waals surface area contributed by atoms with E-state index in [-0.39, 0.29) is 5.78 Å². The van der Waals surface area contributed by atoms with Gasteiger partial charge in [-0.3, -0.25) is 4.79 Å². The van der Waals surface area contributed by atoms with E-state index in [1.807, 2.05) is 26.0 Å². The molecule has 0 saturated heterocycles. The molecule has 0 amide bonds. The van der Waals surface area contributed by atoms with Gasteiger partial charge in [0.2, 0.25) is 5.78 Å². The van der Waals surface area contributed by atoms with Gasteiger partial charge in [0.1, 0.15) is 0 Å². The maximum atomic E-state index is 12.7. The van der Waals surface area contributed by atoms with Gasteiger partial charge in [0.25, 0.3) is 0 Å². The molecular formula is C16H17BrOS. The van der Waals surface area contributed by atoms with E-state index in [2.05, 4.69) is 35.8 Å². The summed E-state index contributed by atoms with van der Waals surface area (Å²) in [5.41, 5.74) is 4.09. The highest BCUT2D eigenvalue weighted by Gasteiger charge is 2.18. The van der Waals surface area contributed by atoms with Crippen LogP contribution in [0.5, 0.6) is 0 Å². The van der Waals surface area contributed by atoms with Gasteiger partial charge < -0.3 is 0 Å². The molecule has 0 radical (unpaired) electrons. The first-order valence-electron chi connectivity index (χ1n) is 6.35.